The molecule has 18 heavy (non-hydrogen) atoms. The number of hydrogen-bond acceptors (Lipinski definition) is 2. The van der Waals surface area contributed by atoms with Crippen LogP contribution in [0.1, 0.15) is 21.6 Å². The summed E-state index contributed by atoms with van der Waals surface area (Å²) in [6.07, 6.45) is 5.49. The lowest BCUT2D eigenvalue weighted by molar-refractivity contribution is 0.112. The van der Waals surface area contributed by atoms with Crippen molar-refractivity contribution in [1.82, 2.24) is 9.38 Å². The zero-order valence-corrected chi connectivity index (χ0v) is 9.78. The maximum absolute atomic E-state index is 10.9. The van der Waals surface area contributed by atoms with Crippen LogP contribution < -0.4 is 0 Å². The number of nitrogens with zero attached hydrogens (tertiary/aromatic N) is 2. The highest BCUT2D eigenvalue weighted by atomic mass is 16.1. The average molecular weight is 236 g/mol. The van der Waals surface area contributed by atoms with E-state index >= 15 is 0 Å². The molecule has 0 N–H and O–H groups in total. The van der Waals surface area contributed by atoms with Crippen molar-refractivity contribution in [2.45, 2.75) is 6.42 Å². The predicted octanol–water partition coefficient (Wildman–Crippen LogP) is 2.74. The van der Waals surface area contributed by atoms with Gasteiger partial charge in [-0.3, -0.25) is 4.79 Å². The summed E-state index contributed by atoms with van der Waals surface area (Å²) in [7, 11) is 0. The van der Waals surface area contributed by atoms with E-state index in [9.17, 15) is 4.79 Å². The molecule has 2 aromatic heterocycles. The van der Waals surface area contributed by atoms with Crippen LogP contribution in [-0.2, 0) is 6.42 Å². The van der Waals surface area contributed by atoms with Crippen LogP contribution in [0.4, 0.5) is 0 Å². The molecule has 0 aliphatic rings. The lowest BCUT2D eigenvalue weighted by Gasteiger charge is -1.95. The Labute approximate surface area is 105 Å². The molecule has 0 bridgehead atoms. The molecule has 0 aliphatic carbocycles. The third-order valence-electron chi connectivity index (χ3n) is 2.92. The molecule has 0 aliphatic heterocycles. The van der Waals surface area contributed by atoms with Crippen molar-refractivity contribution in [3.05, 3.63) is 71.7 Å². The summed E-state index contributed by atoms with van der Waals surface area (Å²) in [5, 5.41) is 0. The Morgan fingerprint density at radius 2 is 1.94 bits per heavy atom. The van der Waals surface area contributed by atoms with Crippen LogP contribution in [-0.4, -0.2) is 15.7 Å². The van der Waals surface area contributed by atoms with E-state index < -0.39 is 0 Å². The third kappa shape index (κ3) is 1.91. The van der Waals surface area contributed by atoms with E-state index in [2.05, 4.69) is 17.1 Å². The Balaban J connectivity index is 2.01. The van der Waals surface area contributed by atoms with Crippen LogP contribution in [0, 0.1) is 0 Å². The molecule has 88 valence electrons. The van der Waals surface area contributed by atoms with Crippen molar-refractivity contribution in [3.8, 4) is 0 Å². The number of pyridine rings is 1. The van der Waals surface area contributed by atoms with Crippen LogP contribution in [0.5, 0.6) is 0 Å². The minimum atomic E-state index is 0.622. The number of imidazole rings is 1. The third-order valence-corrected chi connectivity index (χ3v) is 2.92. The van der Waals surface area contributed by atoms with Crippen molar-refractivity contribution in [3.63, 3.8) is 0 Å². The van der Waals surface area contributed by atoms with Gasteiger partial charge in [0.1, 0.15) is 5.65 Å². The summed E-state index contributed by atoms with van der Waals surface area (Å²) in [5.74, 6) is 0. The predicted molar refractivity (Wildman–Crippen MR) is 69.8 cm³/mol. The minimum Gasteiger partial charge on any atom is -0.306 e. The van der Waals surface area contributed by atoms with E-state index in [1.165, 1.54) is 5.56 Å². The Kier molecular flexibility index (Phi) is 2.65. The smallest absolute Gasteiger partial charge is 0.153 e. The zero-order chi connectivity index (χ0) is 12.4. The number of carbonyl (C=O) groups is 1. The molecule has 0 amide bonds. The van der Waals surface area contributed by atoms with Crippen molar-refractivity contribution in [2.75, 3.05) is 0 Å². The highest BCUT2D eigenvalue weighted by Crippen LogP contribution is 2.12. The van der Waals surface area contributed by atoms with Crippen molar-refractivity contribution in [2.24, 2.45) is 0 Å². The van der Waals surface area contributed by atoms with Gasteiger partial charge < -0.3 is 4.40 Å². The van der Waals surface area contributed by atoms with Crippen molar-refractivity contribution >= 4 is 11.9 Å². The zero-order valence-electron chi connectivity index (χ0n) is 9.78. The Morgan fingerprint density at radius 3 is 2.72 bits per heavy atom. The largest absolute Gasteiger partial charge is 0.306 e. The molecule has 1 aromatic carbocycles. The number of carbonyl (C=O) groups excluding carboxylic acids is 1. The number of benzene rings is 1. The molecular formula is C15H12N2O. The second-order valence-electron chi connectivity index (χ2n) is 4.21. The van der Waals surface area contributed by atoms with E-state index in [1.54, 1.807) is 6.07 Å². The molecule has 3 rings (SSSR count). The summed E-state index contributed by atoms with van der Waals surface area (Å²) < 4.78 is 1.89. The normalized spacial score (nSPS) is 10.7. The first-order valence-corrected chi connectivity index (χ1v) is 5.82. The van der Waals surface area contributed by atoms with Crippen LogP contribution in [0.15, 0.2) is 54.9 Å². The van der Waals surface area contributed by atoms with Gasteiger partial charge in [-0.2, -0.15) is 0 Å². The van der Waals surface area contributed by atoms with Gasteiger partial charge in [0.05, 0.1) is 11.3 Å². The molecule has 0 saturated heterocycles. The number of hydrogen-bond donors (Lipinski definition) is 0. The summed E-state index contributed by atoms with van der Waals surface area (Å²) in [6.45, 7) is 0. The molecule has 3 nitrogen and oxygen atoms in total. The Bertz CT molecular complexity index is 686. The van der Waals surface area contributed by atoms with E-state index in [0.717, 1.165) is 24.0 Å². The Hall–Kier alpha value is -2.42. The van der Waals surface area contributed by atoms with Gasteiger partial charge in [0.2, 0.25) is 0 Å². The summed E-state index contributed by atoms with van der Waals surface area (Å²) in [6, 6.07) is 13.8. The first-order valence-electron chi connectivity index (χ1n) is 5.82. The van der Waals surface area contributed by atoms with E-state index in [4.69, 9.17) is 0 Å². The molecule has 0 unspecified atom stereocenters. The van der Waals surface area contributed by atoms with E-state index in [0.29, 0.717) is 5.56 Å². The van der Waals surface area contributed by atoms with Crippen LogP contribution in [0.3, 0.4) is 0 Å². The standard InChI is InChI=1S/C15H12N2O/c18-11-13-7-4-8-17-10-14(16-15(13)17)9-12-5-2-1-3-6-12/h1-8,10-11H,9H2. The van der Waals surface area contributed by atoms with Crippen LogP contribution in [0.2, 0.25) is 0 Å². The van der Waals surface area contributed by atoms with E-state index in [-0.39, 0.29) is 0 Å². The molecule has 3 aromatic rings. The number of fused-ring (bicyclic) bond motifs is 1. The van der Waals surface area contributed by atoms with Gasteiger partial charge in [-0.1, -0.05) is 30.3 Å². The lowest BCUT2D eigenvalue weighted by atomic mass is 10.1. The van der Waals surface area contributed by atoms with E-state index in [1.807, 2.05) is 41.1 Å². The fourth-order valence-electron chi connectivity index (χ4n) is 2.07. The maximum Gasteiger partial charge on any atom is 0.153 e. The molecular weight excluding hydrogens is 224 g/mol. The monoisotopic (exact) mass is 236 g/mol. The molecule has 0 atom stereocenters. The second kappa shape index (κ2) is 4.45. The lowest BCUT2D eigenvalue weighted by Crippen LogP contribution is -1.89. The summed E-state index contributed by atoms with van der Waals surface area (Å²) >= 11 is 0. The van der Waals surface area contributed by atoms with Gasteiger partial charge in [-0.05, 0) is 17.7 Å². The van der Waals surface area contributed by atoms with Gasteiger partial charge in [-0.15, -0.1) is 0 Å². The molecule has 2 heterocycles. The van der Waals surface area contributed by atoms with Crippen molar-refractivity contribution in [1.29, 1.82) is 0 Å². The fourth-order valence-corrected chi connectivity index (χ4v) is 2.07. The quantitative estimate of drug-likeness (QED) is 0.655. The molecule has 0 saturated carbocycles. The molecule has 0 fully saturated rings. The average Bonchev–Trinajstić information content (AvgIpc) is 2.82. The Morgan fingerprint density at radius 1 is 1.11 bits per heavy atom. The molecule has 0 radical (unpaired) electrons. The second-order valence-corrected chi connectivity index (χ2v) is 4.21. The summed E-state index contributed by atoms with van der Waals surface area (Å²) in [4.78, 5) is 15.4. The number of rotatable bonds is 3. The first-order chi connectivity index (χ1) is 8.86. The van der Waals surface area contributed by atoms with Gasteiger partial charge in [0.15, 0.2) is 6.29 Å². The molecule has 3 heteroatoms. The van der Waals surface area contributed by atoms with Gasteiger partial charge in [-0.25, -0.2) is 4.98 Å². The van der Waals surface area contributed by atoms with Crippen molar-refractivity contribution < 1.29 is 4.79 Å². The highest BCUT2D eigenvalue weighted by molar-refractivity contribution is 5.84. The molecule has 0 spiro atoms. The van der Waals surface area contributed by atoms with Gasteiger partial charge in [0.25, 0.3) is 0 Å². The first kappa shape index (κ1) is 10.7. The fraction of sp³-hybridized carbons (Fsp3) is 0.0667. The number of aromatic nitrogens is 2. The highest BCUT2D eigenvalue weighted by Gasteiger charge is 2.05. The summed E-state index contributed by atoms with van der Waals surface area (Å²) in [5.41, 5.74) is 3.53. The SMILES string of the molecule is O=Cc1cccn2cc(Cc3ccccc3)nc12. The maximum atomic E-state index is 10.9. The van der Waals surface area contributed by atoms with Crippen LogP contribution >= 0.6 is 0 Å². The minimum absolute atomic E-state index is 0.622. The van der Waals surface area contributed by atoms with Gasteiger partial charge in [0, 0.05) is 18.8 Å². The van der Waals surface area contributed by atoms with Gasteiger partial charge >= 0.3 is 0 Å². The van der Waals surface area contributed by atoms with Crippen LogP contribution in [0.25, 0.3) is 5.65 Å². The topological polar surface area (TPSA) is 34.4 Å². The number of aldehydes is 1.